The van der Waals surface area contributed by atoms with Crippen molar-refractivity contribution in [1.82, 2.24) is 9.97 Å². The lowest BCUT2D eigenvalue weighted by atomic mass is 9.93. The molecule has 0 radical (unpaired) electrons. The Morgan fingerprint density at radius 3 is 2.32 bits per heavy atom. The molecule has 0 aromatic carbocycles. The smallest absolute Gasteiger partial charge is 0.148 e. The van der Waals surface area contributed by atoms with Crippen molar-refractivity contribution in [3.8, 4) is 0 Å². The van der Waals surface area contributed by atoms with Crippen molar-refractivity contribution in [3.63, 3.8) is 0 Å². The van der Waals surface area contributed by atoms with Crippen LogP contribution in [0.15, 0.2) is 6.33 Å². The Balaban J connectivity index is 3.11. The van der Waals surface area contributed by atoms with Crippen LogP contribution in [0.5, 0.6) is 0 Å². The topological polar surface area (TPSA) is 96.1 Å². The van der Waals surface area contributed by atoms with E-state index in [2.05, 4.69) is 41.5 Å². The average Bonchev–Trinajstić information content (AvgIpc) is 2.46. The van der Waals surface area contributed by atoms with E-state index in [9.17, 15) is 5.11 Å². The van der Waals surface area contributed by atoms with Crippen molar-refractivity contribution < 1.29 is 5.11 Å². The third-order valence-electron chi connectivity index (χ3n) is 3.62. The van der Waals surface area contributed by atoms with Crippen LogP contribution in [0, 0.1) is 0 Å². The molecule has 1 heterocycles. The second-order valence-corrected chi connectivity index (χ2v) is 4.71. The number of nitrogens with zero attached hydrogens (tertiary/aromatic N) is 2. The number of nitrogen functional groups attached to an aromatic ring is 1. The number of nitrogens with two attached hydrogens (primary N) is 1. The number of anilines is 2. The van der Waals surface area contributed by atoms with Gasteiger partial charge in [0.05, 0.1) is 12.1 Å². The van der Waals surface area contributed by atoms with E-state index in [1.54, 1.807) is 0 Å². The molecule has 0 saturated heterocycles. The van der Waals surface area contributed by atoms with Gasteiger partial charge in [0.1, 0.15) is 18.0 Å². The maximum absolute atomic E-state index is 9.64. The van der Waals surface area contributed by atoms with Crippen molar-refractivity contribution in [1.29, 1.82) is 0 Å². The second kappa shape index (κ2) is 7.25. The molecule has 0 amide bonds. The molecule has 0 bridgehead atoms. The lowest BCUT2D eigenvalue weighted by Gasteiger charge is -2.32. The quantitative estimate of drug-likeness (QED) is 0.423. The fourth-order valence-electron chi connectivity index (χ4n) is 2.07. The fraction of sp³-hybridized carbons (Fsp3) is 0.692. The number of hydrogen-bond acceptors (Lipinski definition) is 6. The Morgan fingerprint density at radius 1 is 1.21 bits per heavy atom. The van der Waals surface area contributed by atoms with Crippen LogP contribution >= 0.6 is 0 Å². The molecule has 0 atom stereocenters. The second-order valence-electron chi connectivity index (χ2n) is 4.71. The van der Waals surface area contributed by atoms with Crippen LogP contribution in [-0.4, -0.2) is 27.2 Å². The summed E-state index contributed by atoms with van der Waals surface area (Å²) in [4.78, 5) is 8.44. The average molecular weight is 267 g/mol. The van der Waals surface area contributed by atoms with E-state index < -0.39 is 0 Å². The predicted octanol–water partition coefficient (Wildman–Crippen LogP) is 1.68. The summed E-state index contributed by atoms with van der Waals surface area (Å²) >= 11 is 0. The zero-order chi connectivity index (χ0) is 14.3. The lowest BCUT2D eigenvalue weighted by Crippen LogP contribution is -2.41. The highest BCUT2D eigenvalue weighted by molar-refractivity contribution is 5.58. The van der Waals surface area contributed by atoms with Gasteiger partial charge in [-0.25, -0.2) is 15.8 Å². The largest absolute Gasteiger partial charge is 0.394 e. The molecular weight excluding hydrogens is 242 g/mol. The maximum atomic E-state index is 9.64. The first-order valence-corrected chi connectivity index (χ1v) is 6.85. The van der Waals surface area contributed by atoms with Crippen molar-refractivity contribution in [3.05, 3.63) is 11.9 Å². The summed E-state index contributed by atoms with van der Waals surface area (Å²) in [6, 6.07) is 0. The molecule has 0 saturated carbocycles. The summed E-state index contributed by atoms with van der Waals surface area (Å²) in [5, 5.41) is 13.0. The van der Waals surface area contributed by atoms with Gasteiger partial charge in [-0.05, 0) is 19.3 Å². The van der Waals surface area contributed by atoms with Gasteiger partial charge in [0.15, 0.2) is 0 Å². The molecule has 6 heteroatoms. The van der Waals surface area contributed by atoms with Gasteiger partial charge in [0.25, 0.3) is 0 Å². The molecule has 1 aromatic rings. The molecule has 0 spiro atoms. The van der Waals surface area contributed by atoms with Gasteiger partial charge >= 0.3 is 0 Å². The molecule has 0 aliphatic rings. The highest BCUT2D eigenvalue weighted by Crippen LogP contribution is 2.26. The molecule has 5 N–H and O–H groups in total. The number of hydrogen-bond donors (Lipinski definition) is 4. The van der Waals surface area contributed by atoms with Gasteiger partial charge in [0, 0.05) is 5.56 Å². The summed E-state index contributed by atoms with van der Waals surface area (Å²) in [5.74, 6) is 6.88. The van der Waals surface area contributed by atoms with Gasteiger partial charge in [-0.2, -0.15) is 0 Å². The first kappa shape index (κ1) is 15.7. The first-order chi connectivity index (χ1) is 9.16. The fourth-order valence-corrected chi connectivity index (χ4v) is 2.07. The van der Waals surface area contributed by atoms with E-state index >= 15 is 0 Å². The van der Waals surface area contributed by atoms with Gasteiger partial charge in [-0.15, -0.1) is 0 Å². The third-order valence-corrected chi connectivity index (χ3v) is 3.62. The van der Waals surface area contributed by atoms with E-state index in [-0.39, 0.29) is 12.1 Å². The van der Waals surface area contributed by atoms with E-state index in [4.69, 9.17) is 5.84 Å². The maximum Gasteiger partial charge on any atom is 0.148 e. The number of hydrazine groups is 1. The molecule has 0 unspecified atom stereocenters. The Labute approximate surface area is 114 Å². The SMILES string of the molecule is CCCc1c(NN)ncnc1NC(CC)(CC)CO. The van der Waals surface area contributed by atoms with Crippen LogP contribution in [0.3, 0.4) is 0 Å². The van der Waals surface area contributed by atoms with E-state index in [0.29, 0.717) is 5.82 Å². The number of aromatic nitrogens is 2. The van der Waals surface area contributed by atoms with Crippen molar-refractivity contribution >= 4 is 11.6 Å². The van der Waals surface area contributed by atoms with Gasteiger partial charge in [-0.1, -0.05) is 27.2 Å². The molecule has 108 valence electrons. The van der Waals surface area contributed by atoms with Crippen molar-refractivity contribution in [2.24, 2.45) is 5.84 Å². The summed E-state index contributed by atoms with van der Waals surface area (Å²) in [5.41, 5.74) is 3.23. The standard InChI is InChI=1S/C13H25N5O/c1-4-7-10-11(15-9-16-12(10)18-14)17-13(5-2,6-3)8-19/h9,19H,4-8,14H2,1-3H3,(H2,15,16,17,18). The minimum atomic E-state index is -0.345. The van der Waals surface area contributed by atoms with E-state index in [1.165, 1.54) is 6.33 Å². The zero-order valence-electron chi connectivity index (χ0n) is 12.0. The summed E-state index contributed by atoms with van der Waals surface area (Å²) in [6.07, 6.45) is 4.92. The minimum absolute atomic E-state index is 0.0704. The molecule has 0 aliphatic carbocycles. The number of nitrogens with one attached hydrogen (secondary N) is 2. The normalized spacial score (nSPS) is 11.4. The van der Waals surface area contributed by atoms with Gasteiger partial charge in [0.2, 0.25) is 0 Å². The molecule has 6 nitrogen and oxygen atoms in total. The summed E-state index contributed by atoms with van der Waals surface area (Å²) in [7, 11) is 0. The van der Waals surface area contributed by atoms with Crippen molar-refractivity contribution in [2.75, 3.05) is 17.3 Å². The molecular formula is C13H25N5O. The monoisotopic (exact) mass is 267 g/mol. The predicted molar refractivity (Wildman–Crippen MR) is 77.9 cm³/mol. The number of aliphatic hydroxyl groups excluding tert-OH is 1. The molecule has 19 heavy (non-hydrogen) atoms. The summed E-state index contributed by atoms with van der Waals surface area (Å²) < 4.78 is 0. The highest BCUT2D eigenvalue weighted by Gasteiger charge is 2.26. The van der Waals surface area contributed by atoms with Gasteiger partial charge < -0.3 is 15.8 Å². The Kier molecular flexibility index (Phi) is 5.98. The Morgan fingerprint density at radius 2 is 1.84 bits per heavy atom. The molecule has 1 aromatic heterocycles. The Bertz CT molecular complexity index is 384. The van der Waals surface area contributed by atoms with Crippen molar-refractivity contribution in [2.45, 2.75) is 52.0 Å². The lowest BCUT2D eigenvalue weighted by molar-refractivity contribution is 0.202. The van der Waals surface area contributed by atoms with Gasteiger partial charge in [-0.3, -0.25) is 0 Å². The number of aliphatic hydroxyl groups is 1. The van der Waals surface area contributed by atoms with Crippen LogP contribution in [0.2, 0.25) is 0 Å². The van der Waals surface area contributed by atoms with Crippen LogP contribution < -0.4 is 16.6 Å². The van der Waals surface area contributed by atoms with E-state index in [1.807, 2.05) is 0 Å². The van der Waals surface area contributed by atoms with Crippen LogP contribution in [0.1, 0.15) is 45.6 Å². The Hall–Kier alpha value is -1.40. The molecule has 0 fully saturated rings. The van der Waals surface area contributed by atoms with Crippen LogP contribution in [-0.2, 0) is 6.42 Å². The van der Waals surface area contributed by atoms with Crippen LogP contribution in [0.4, 0.5) is 11.6 Å². The molecule has 1 rings (SSSR count). The summed E-state index contributed by atoms with van der Waals surface area (Å²) in [6.45, 7) is 6.27. The zero-order valence-corrected chi connectivity index (χ0v) is 12.0. The minimum Gasteiger partial charge on any atom is -0.394 e. The first-order valence-electron chi connectivity index (χ1n) is 6.85. The van der Waals surface area contributed by atoms with Crippen LogP contribution in [0.25, 0.3) is 0 Å². The third kappa shape index (κ3) is 3.54. The highest BCUT2D eigenvalue weighted by atomic mass is 16.3. The molecule has 0 aliphatic heterocycles. The number of rotatable bonds is 8. The van der Waals surface area contributed by atoms with E-state index in [0.717, 1.165) is 37.1 Å².